The maximum absolute atomic E-state index is 12.0. The molecule has 0 aromatic heterocycles. The van der Waals surface area contributed by atoms with Gasteiger partial charge >= 0.3 is 6.03 Å². The van der Waals surface area contributed by atoms with Gasteiger partial charge in [-0.2, -0.15) is 0 Å². The molecule has 5 nitrogen and oxygen atoms in total. The average molecular weight is 283 g/mol. The third-order valence-corrected chi connectivity index (χ3v) is 4.13. The maximum Gasteiger partial charge on any atom is 0.317 e. The normalized spacial score (nSPS) is 21.5. The molecule has 2 heterocycles. The van der Waals surface area contributed by atoms with Crippen molar-refractivity contribution in [2.75, 3.05) is 39.3 Å². The van der Waals surface area contributed by atoms with Crippen molar-refractivity contribution in [2.45, 2.75) is 51.0 Å². The van der Waals surface area contributed by atoms with Gasteiger partial charge in [-0.1, -0.05) is 12.8 Å². The number of likely N-dealkylation sites (tertiary alicyclic amines) is 1. The van der Waals surface area contributed by atoms with Gasteiger partial charge in [0, 0.05) is 26.2 Å². The molecule has 0 spiro atoms. The Morgan fingerprint density at radius 1 is 1.15 bits per heavy atom. The summed E-state index contributed by atoms with van der Waals surface area (Å²) in [5.41, 5.74) is 0. The van der Waals surface area contributed by atoms with Crippen LogP contribution in [0.3, 0.4) is 0 Å². The van der Waals surface area contributed by atoms with Gasteiger partial charge in [-0.15, -0.1) is 0 Å². The van der Waals surface area contributed by atoms with Crippen LogP contribution in [0.4, 0.5) is 4.79 Å². The number of hydrogen-bond acceptors (Lipinski definition) is 3. The number of piperidine rings is 1. The molecule has 116 valence electrons. The lowest BCUT2D eigenvalue weighted by molar-refractivity contribution is 0.0319. The van der Waals surface area contributed by atoms with Crippen molar-refractivity contribution in [3.05, 3.63) is 0 Å². The van der Waals surface area contributed by atoms with Gasteiger partial charge in [-0.05, 0) is 45.2 Å². The Morgan fingerprint density at radius 3 is 2.55 bits per heavy atom. The molecule has 2 saturated heterocycles. The lowest BCUT2D eigenvalue weighted by Crippen LogP contribution is -2.41. The molecule has 2 aliphatic rings. The zero-order valence-corrected chi connectivity index (χ0v) is 12.5. The van der Waals surface area contributed by atoms with Gasteiger partial charge in [0.25, 0.3) is 0 Å². The van der Waals surface area contributed by atoms with Gasteiger partial charge in [0.05, 0.1) is 6.10 Å². The highest BCUT2D eigenvalue weighted by Crippen LogP contribution is 2.09. The Morgan fingerprint density at radius 2 is 1.85 bits per heavy atom. The number of ether oxygens (including phenoxy) is 1. The van der Waals surface area contributed by atoms with Crippen LogP contribution in [0.2, 0.25) is 0 Å². The molecule has 0 radical (unpaired) electrons. The molecular formula is C15H29N3O2. The van der Waals surface area contributed by atoms with Gasteiger partial charge in [0.1, 0.15) is 0 Å². The first kappa shape index (κ1) is 15.6. The Balaban J connectivity index is 1.50. The standard InChI is InChI=1S/C15H29N3O2/c19-15(18-11-3-1-2-4-12-18)17-8-5-13-20-14-6-9-16-10-7-14/h14,16H,1-13H2,(H,17,19). The molecule has 0 unspecified atom stereocenters. The Labute approximate surface area is 122 Å². The summed E-state index contributed by atoms with van der Waals surface area (Å²) in [6.45, 7) is 5.44. The van der Waals surface area contributed by atoms with E-state index in [1.807, 2.05) is 4.90 Å². The van der Waals surface area contributed by atoms with E-state index in [0.717, 1.165) is 71.4 Å². The number of rotatable bonds is 5. The van der Waals surface area contributed by atoms with Crippen molar-refractivity contribution in [2.24, 2.45) is 0 Å². The van der Waals surface area contributed by atoms with Crippen LogP contribution >= 0.6 is 0 Å². The monoisotopic (exact) mass is 283 g/mol. The van der Waals surface area contributed by atoms with Crippen LogP contribution in [0.15, 0.2) is 0 Å². The topological polar surface area (TPSA) is 53.6 Å². The van der Waals surface area contributed by atoms with Crippen molar-refractivity contribution >= 4 is 6.03 Å². The second-order valence-electron chi connectivity index (χ2n) is 5.81. The largest absolute Gasteiger partial charge is 0.378 e. The number of nitrogens with zero attached hydrogens (tertiary/aromatic N) is 1. The van der Waals surface area contributed by atoms with E-state index in [1.165, 1.54) is 12.8 Å². The van der Waals surface area contributed by atoms with Crippen molar-refractivity contribution in [3.8, 4) is 0 Å². The fourth-order valence-electron chi connectivity index (χ4n) is 2.87. The smallest absolute Gasteiger partial charge is 0.317 e. The van der Waals surface area contributed by atoms with Crippen molar-refractivity contribution < 1.29 is 9.53 Å². The van der Waals surface area contributed by atoms with Crippen LogP contribution in [-0.2, 0) is 4.74 Å². The maximum atomic E-state index is 12.0. The lowest BCUT2D eigenvalue weighted by Gasteiger charge is -2.23. The molecule has 0 aliphatic carbocycles. The summed E-state index contributed by atoms with van der Waals surface area (Å²) in [4.78, 5) is 13.9. The summed E-state index contributed by atoms with van der Waals surface area (Å²) < 4.78 is 5.83. The fourth-order valence-corrected chi connectivity index (χ4v) is 2.87. The molecule has 5 heteroatoms. The first-order valence-corrected chi connectivity index (χ1v) is 8.21. The van der Waals surface area contributed by atoms with Crippen LogP contribution in [0, 0.1) is 0 Å². The zero-order valence-electron chi connectivity index (χ0n) is 12.5. The zero-order chi connectivity index (χ0) is 14.0. The highest BCUT2D eigenvalue weighted by molar-refractivity contribution is 5.74. The Bertz CT molecular complexity index is 272. The molecule has 0 saturated carbocycles. The summed E-state index contributed by atoms with van der Waals surface area (Å²) in [6, 6.07) is 0.105. The van der Waals surface area contributed by atoms with Crippen LogP contribution in [-0.4, -0.2) is 56.4 Å². The Hall–Kier alpha value is -0.810. The lowest BCUT2D eigenvalue weighted by atomic mass is 10.1. The fraction of sp³-hybridized carbons (Fsp3) is 0.933. The Kier molecular flexibility index (Phi) is 7.15. The van der Waals surface area contributed by atoms with E-state index < -0.39 is 0 Å². The third kappa shape index (κ3) is 5.67. The predicted octanol–water partition coefficient (Wildman–Crippen LogP) is 1.73. The second kappa shape index (κ2) is 9.19. The minimum Gasteiger partial charge on any atom is -0.378 e. The molecule has 2 aliphatic heterocycles. The SMILES string of the molecule is O=C(NCCCOC1CCNCC1)N1CCCCCC1. The van der Waals surface area contributed by atoms with E-state index >= 15 is 0 Å². The van der Waals surface area contributed by atoms with E-state index in [2.05, 4.69) is 10.6 Å². The van der Waals surface area contributed by atoms with Crippen molar-refractivity contribution in [3.63, 3.8) is 0 Å². The molecule has 0 aromatic carbocycles. The molecule has 20 heavy (non-hydrogen) atoms. The van der Waals surface area contributed by atoms with Crippen molar-refractivity contribution in [1.82, 2.24) is 15.5 Å². The van der Waals surface area contributed by atoms with E-state index in [0.29, 0.717) is 6.10 Å². The van der Waals surface area contributed by atoms with Crippen LogP contribution in [0.5, 0.6) is 0 Å². The average Bonchev–Trinajstić information content (AvgIpc) is 2.77. The number of urea groups is 1. The number of carbonyl (C=O) groups is 1. The van der Waals surface area contributed by atoms with E-state index in [4.69, 9.17) is 4.74 Å². The third-order valence-electron chi connectivity index (χ3n) is 4.13. The van der Waals surface area contributed by atoms with Gasteiger partial charge in [0.2, 0.25) is 0 Å². The first-order valence-electron chi connectivity index (χ1n) is 8.21. The van der Waals surface area contributed by atoms with Gasteiger partial charge in [-0.3, -0.25) is 0 Å². The summed E-state index contributed by atoms with van der Waals surface area (Å²) >= 11 is 0. The number of carbonyl (C=O) groups excluding carboxylic acids is 1. The molecule has 2 rings (SSSR count). The highest BCUT2D eigenvalue weighted by Gasteiger charge is 2.15. The van der Waals surface area contributed by atoms with Crippen molar-refractivity contribution in [1.29, 1.82) is 0 Å². The molecule has 0 bridgehead atoms. The number of amides is 2. The first-order chi connectivity index (χ1) is 9.86. The van der Waals surface area contributed by atoms with Gasteiger partial charge in [-0.25, -0.2) is 4.79 Å². The van der Waals surface area contributed by atoms with Gasteiger partial charge < -0.3 is 20.3 Å². The summed E-state index contributed by atoms with van der Waals surface area (Å²) in [6.07, 6.45) is 8.35. The summed E-state index contributed by atoms with van der Waals surface area (Å²) in [7, 11) is 0. The van der Waals surface area contributed by atoms with Crippen LogP contribution < -0.4 is 10.6 Å². The summed E-state index contributed by atoms with van der Waals surface area (Å²) in [5.74, 6) is 0. The second-order valence-corrected chi connectivity index (χ2v) is 5.81. The molecule has 0 aromatic rings. The van der Waals surface area contributed by atoms with E-state index in [9.17, 15) is 4.79 Å². The van der Waals surface area contributed by atoms with E-state index in [-0.39, 0.29) is 6.03 Å². The van der Waals surface area contributed by atoms with Gasteiger partial charge in [0.15, 0.2) is 0 Å². The number of nitrogens with one attached hydrogen (secondary N) is 2. The molecule has 2 fully saturated rings. The highest BCUT2D eigenvalue weighted by atomic mass is 16.5. The quantitative estimate of drug-likeness (QED) is 0.756. The molecule has 2 amide bonds. The van der Waals surface area contributed by atoms with Crippen LogP contribution in [0.25, 0.3) is 0 Å². The molecular weight excluding hydrogens is 254 g/mol. The molecule has 0 atom stereocenters. The van der Waals surface area contributed by atoms with E-state index in [1.54, 1.807) is 0 Å². The summed E-state index contributed by atoms with van der Waals surface area (Å²) in [5, 5.41) is 6.34. The number of hydrogen-bond donors (Lipinski definition) is 2. The predicted molar refractivity (Wildman–Crippen MR) is 79.9 cm³/mol. The minimum atomic E-state index is 0.105. The van der Waals surface area contributed by atoms with Crippen LogP contribution in [0.1, 0.15) is 44.9 Å². The minimum absolute atomic E-state index is 0.105. The molecule has 2 N–H and O–H groups in total.